The van der Waals surface area contributed by atoms with Gasteiger partial charge in [-0.2, -0.15) is 0 Å². The third-order valence-corrected chi connectivity index (χ3v) is 4.02. The normalized spacial score (nSPS) is 16.4. The summed E-state index contributed by atoms with van der Waals surface area (Å²) in [6.45, 7) is 1.85. The number of carbonyl (C=O) groups excluding carboxylic acids is 2. The van der Waals surface area contributed by atoms with Gasteiger partial charge in [0.1, 0.15) is 12.3 Å². The fourth-order valence-electron chi connectivity index (χ4n) is 2.75. The Kier molecular flexibility index (Phi) is 6.35. The molecule has 2 amide bonds. The van der Waals surface area contributed by atoms with Crippen molar-refractivity contribution < 1.29 is 24.0 Å². The zero-order valence-corrected chi connectivity index (χ0v) is 15.6. The van der Waals surface area contributed by atoms with Crippen molar-refractivity contribution in [1.82, 2.24) is 10.6 Å². The molecule has 1 aromatic rings. The zero-order chi connectivity index (χ0) is 20.1. The highest BCUT2D eigenvalue weighted by Crippen LogP contribution is 2.34. The molecule has 1 aromatic carbocycles. The smallest absolute Gasteiger partial charge is 0.338 e. The Morgan fingerprint density at radius 1 is 1.33 bits per heavy atom. The van der Waals surface area contributed by atoms with Crippen LogP contribution in [0.5, 0.6) is 0 Å². The molecule has 1 aliphatic heterocycles. The first-order chi connectivity index (χ1) is 12.8. The van der Waals surface area contributed by atoms with Crippen molar-refractivity contribution in [2.24, 2.45) is 0 Å². The Labute approximate surface area is 156 Å². The van der Waals surface area contributed by atoms with E-state index in [9.17, 15) is 19.7 Å². The average molecular weight is 378 g/mol. The van der Waals surface area contributed by atoms with E-state index in [4.69, 9.17) is 9.47 Å². The summed E-state index contributed by atoms with van der Waals surface area (Å²) < 4.78 is 10.0. The van der Waals surface area contributed by atoms with Crippen molar-refractivity contribution >= 4 is 23.4 Å². The minimum atomic E-state index is -0.872. The van der Waals surface area contributed by atoms with E-state index in [0.29, 0.717) is 16.9 Å². The Balaban J connectivity index is 2.45. The summed E-state index contributed by atoms with van der Waals surface area (Å²) in [6.07, 6.45) is 0. The molecule has 1 heterocycles. The number of amides is 2. The molecule has 2 N–H and O–H groups in total. The van der Waals surface area contributed by atoms with E-state index in [1.807, 2.05) is 0 Å². The lowest BCUT2D eigenvalue weighted by Crippen LogP contribution is -2.45. The Morgan fingerprint density at radius 3 is 2.63 bits per heavy atom. The maximum atomic E-state index is 12.5. The van der Waals surface area contributed by atoms with Gasteiger partial charge < -0.3 is 25.0 Å². The van der Waals surface area contributed by atoms with Gasteiger partial charge in [-0.1, -0.05) is 6.07 Å². The fraction of sp³-hybridized carbons (Fsp3) is 0.412. The summed E-state index contributed by atoms with van der Waals surface area (Å²) in [6, 6.07) is 3.18. The van der Waals surface area contributed by atoms with E-state index in [1.165, 1.54) is 13.2 Å². The molecule has 0 unspecified atom stereocenters. The van der Waals surface area contributed by atoms with E-state index in [0.717, 1.165) is 0 Å². The number of methoxy groups -OCH3 is 1. The number of hydrogen-bond donors (Lipinski definition) is 2. The van der Waals surface area contributed by atoms with Crippen LogP contribution in [0.25, 0.3) is 0 Å². The van der Waals surface area contributed by atoms with Crippen LogP contribution in [0.15, 0.2) is 29.5 Å². The van der Waals surface area contributed by atoms with Gasteiger partial charge in [-0.3, -0.25) is 10.1 Å². The van der Waals surface area contributed by atoms with Crippen LogP contribution in [0.3, 0.4) is 0 Å². The van der Waals surface area contributed by atoms with Gasteiger partial charge in [-0.25, -0.2) is 9.59 Å². The van der Waals surface area contributed by atoms with Gasteiger partial charge in [0.2, 0.25) is 0 Å². The van der Waals surface area contributed by atoms with Crippen molar-refractivity contribution in [3.05, 3.63) is 45.1 Å². The molecule has 0 fully saturated rings. The molecule has 0 bridgehead atoms. The molecule has 27 heavy (non-hydrogen) atoms. The predicted molar refractivity (Wildman–Crippen MR) is 97.4 cm³/mol. The number of carbonyl (C=O) groups is 2. The molecule has 0 saturated heterocycles. The van der Waals surface area contributed by atoms with Gasteiger partial charge in [0.25, 0.3) is 5.69 Å². The number of anilines is 1. The fourth-order valence-corrected chi connectivity index (χ4v) is 2.75. The summed E-state index contributed by atoms with van der Waals surface area (Å²) >= 11 is 0. The first-order valence-electron chi connectivity index (χ1n) is 8.16. The second kappa shape index (κ2) is 8.49. The topological polar surface area (TPSA) is 123 Å². The van der Waals surface area contributed by atoms with E-state index in [2.05, 4.69) is 10.6 Å². The molecule has 0 aromatic heterocycles. The third-order valence-electron chi connectivity index (χ3n) is 4.02. The van der Waals surface area contributed by atoms with Crippen molar-refractivity contribution in [3.63, 3.8) is 0 Å². The highest BCUT2D eigenvalue weighted by molar-refractivity contribution is 5.95. The maximum absolute atomic E-state index is 12.5. The van der Waals surface area contributed by atoms with Crippen LogP contribution in [0.2, 0.25) is 0 Å². The SMILES string of the molecule is COCCOC(=O)C1=C(C)NC(=O)N[C@H]1c1ccc(N(C)C)c([N+](=O)[O-])c1. The number of ether oxygens (including phenoxy) is 2. The number of allylic oxidation sites excluding steroid dienone is 1. The van der Waals surface area contributed by atoms with E-state index >= 15 is 0 Å². The quantitative estimate of drug-likeness (QED) is 0.319. The van der Waals surface area contributed by atoms with Gasteiger partial charge in [0.05, 0.1) is 23.1 Å². The van der Waals surface area contributed by atoms with E-state index in [-0.39, 0.29) is 24.5 Å². The summed E-state index contributed by atoms with van der Waals surface area (Å²) in [5.74, 6) is -0.638. The number of hydrogen-bond acceptors (Lipinski definition) is 7. The van der Waals surface area contributed by atoms with Crippen LogP contribution in [-0.4, -0.2) is 51.3 Å². The van der Waals surface area contributed by atoms with E-state index in [1.54, 1.807) is 38.1 Å². The highest BCUT2D eigenvalue weighted by atomic mass is 16.6. The van der Waals surface area contributed by atoms with Crippen molar-refractivity contribution in [2.75, 3.05) is 39.3 Å². The lowest BCUT2D eigenvalue weighted by molar-refractivity contribution is -0.384. The van der Waals surface area contributed by atoms with Gasteiger partial charge in [0, 0.05) is 33.0 Å². The lowest BCUT2D eigenvalue weighted by Gasteiger charge is -2.28. The number of nitrogens with one attached hydrogen (secondary N) is 2. The molecule has 0 radical (unpaired) electrons. The van der Waals surface area contributed by atoms with Crippen molar-refractivity contribution in [3.8, 4) is 0 Å². The number of nitro benzene ring substituents is 1. The number of nitro groups is 1. The second-order valence-electron chi connectivity index (χ2n) is 6.10. The molecule has 0 saturated carbocycles. The molecule has 1 atom stereocenters. The number of urea groups is 1. The van der Waals surface area contributed by atoms with Gasteiger partial charge in [-0.15, -0.1) is 0 Å². The number of rotatable bonds is 7. The first kappa shape index (κ1) is 20.2. The standard InChI is InChI=1S/C17H22N4O6/c1-10-14(16(22)27-8-7-26-4)15(19-17(23)18-10)11-5-6-12(20(2)3)13(9-11)21(24)25/h5-6,9,15H,7-8H2,1-4H3,(H2,18,19,23)/t15-/m0/s1. The Hall–Kier alpha value is -3.14. The first-order valence-corrected chi connectivity index (χ1v) is 8.16. The maximum Gasteiger partial charge on any atom is 0.338 e. The van der Waals surface area contributed by atoms with Crippen LogP contribution < -0.4 is 15.5 Å². The number of benzene rings is 1. The number of esters is 1. The summed E-state index contributed by atoms with van der Waals surface area (Å²) in [5, 5.41) is 16.6. The molecule has 2 rings (SSSR count). The average Bonchev–Trinajstić information content (AvgIpc) is 2.60. The van der Waals surface area contributed by atoms with Crippen LogP contribution in [0.1, 0.15) is 18.5 Å². The lowest BCUT2D eigenvalue weighted by atomic mass is 9.95. The van der Waals surface area contributed by atoms with Crippen LogP contribution in [0, 0.1) is 10.1 Å². The minimum absolute atomic E-state index is 0.0481. The zero-order valence-electron chi connectivity index (χ0n) is 15.6. The summed E-state index contributed by atoms with van der Waals surface area (Å²) in [4.78, 5) is 37.0. The van der Waals surface area contributed by atoms with Crippen LogP contribution in [-0.2, 0) is 14.3 Å². The minimum Gasteiger partial charge on any atom is -0.460 e. The molecule has 0 aliphatic carbocycles. The monoisotopic (exact) mass is 378 g/mol. The largest absolute Gasteiger partial charge is 0.460 e. The summed E-state index contributed by atoms with van der Waals surface area (Å²) in [7, 11) is 4.86. The molecule has 1 aliphatic rings. The Morgan fingerprint density at radius 2 is 2.04 bits per heavy atom. The van der Waals surface area contributed by atoms with Gasteiger partial charge in [-0.05, 0) is 18.6 Å². The Bertz CT molecular complexity index is 790. The molecule has 0 spiro atoms. The highest BCUT2D eigenvalue weighted by Gasteiger charge is 2.33. The predicted octanol–water partition coefficient (Wildman–Crippen LogP) is 1.48. The number of nitrogens with zero attached hydrogens (tertiary/aromatic N) is 2. The second-order valence-corrected chi connectivity index (χ2v) is 6.10. The molecule has 146 valence electrons. The third kappa shape index (κ3) is 4.53. The van der Waals surface area contributed by atoms with Crippen LogP contribution in [0.4, 0.5) is 16.2 Å². The van der Waals surface area contributed by atoms with Gasteiger partial charge in [0.15, 0.2) is 0 Å². The van der Waals surface area contributed by atoms with Crippen molar-refractivity contribution in [2.45, 2.75) is 13.0 Å². The molecule has 10 heteroatoms. The summed E-state index contributed by atoms with van der Waals surface area (Å²) in [5.41, 5.74) is 1.19. The molecule has 10 nitrogen and oxygen atoms in total. The van der Waals surface area contributed by atoms with Gasteiger partial charge >= 0.3 is 12.0 Å². The molecular weight excluding hydrogens is 356 g/mol. The van der Waals surface area contributed by atoms with E-state index < -0.39 is 23.0 Å². The van der Waals surface area contributed by atoms with Crippen LogP contribution >= 0.6 is 0 Å². The van der Waals surface area contributed by atoms with Crippen molar-refractivity contribution in [1.29, 1.82) is 0 Å². The molecular formula is C17H22N4O6.